The molecule has 0 unspecified atom stereocenters. The van der Waals surface area contributed by atoms with Gasteiger partial charge in [0.25, 0.3) is 11.6 Å². The standard InChI is InChI=1S/C20H19N5O4S/c1-12(26)22-10-13-3-5-14(6-4-13)18-11-30-20(23-18)24-19(27)16-9-15(25(28)29)7-8-17(16)21-2/h3-9,11,21H,10H2,1-2H3,(H,22,26)(H,23,24,27). The molecule has 9 nitrogen and oxygen atoms in total. The SMILES string of the molecule is CNc1ccc([N+](=O)[O-])cc1C(=O)Nc1nc(-c2ccc(CNC(C)=O)cc2)cs1. The van der Waals surface area contributed by atoms with Crippen LogP contribution < -0.4 is 16.0 Å². The van der Waals surface area contributed by atoms with Gasteiger partial charge in [0.1, 0.15) is 0 Å². The Hall–Kier alpha value is -3.79. The summed E-state index contributed by atoms with van der Waals surface area (Å²) in [5.74, 6) is -0.584. The normalized spacial score (nSPS) is 10.3. The predicted molar refractivity (Wildman–Crippen MR) is 116 cm³/mol. The number of rotatable bonds is 7. The van der Waals surface area contributed by atoms with Crippen LogP contribution in [0.25, 0.3) is 11.3 Å². The van der Waals surface area contributed by atoms with Crippen molar-refractivity contribution in [3.05, 3.63) is 69.1 Å². The summed E-state index contributed by atoms with van der Waals surface area (Å²) in [5.41, 5.74) is 2.98. The number of carbonyl (C=O) groups excluding carboxylic acids is 2. The predicted octanol–water partition coefficient (Wildman–Crippen LogP) is 3.65. The molecule has 0 bridgehead atoms. The molecule has 0 saturated carbocycles. The van der Waals surface area contributed by atoms with Crippen LogP contribution in [0, 0.1) is 10.1 Å². The lowest BCUT2D eigenvalue weighted by Gasteiger charge is -2.08. The van der Waals surface area contributed by atoms with E-state index >= 15 is 0 Å². The third-order valence-corrected chi connectivity index (χ3v) is 5.00. The molecule has 2 aromatic carbocycles. The first-order valence-corrected chi connectivity index (χ1v) is 9.82. The molecule has 3 aromatic rings. The van der Waals surface area contributed by atoms with Crippen LogP contribution in [0.4, 0.5) is 16.5 Å². The lowest BCUT2D eigenvalue weighted by molar-refractivity contribution is -0.384. The molecule has 30 heavy (non-hydrogen) atoms. The first-order chi connectivity index (χ1) is 14.4. The average Bonchev–Trinajstić information content (AvgIpc) is 3.20. The number of aromatic nitrogens is 1. The highest BCUT2D eigenvalue weighted by atomic mass is 32.1. The number of anilines is 2. The van der Waals surface area contributed by atoms with Crippen LogP contribution in [-0.4, -0.2) is 28.8 Å². The van der Waals surface area contributed by atoms with Crippen molar-refractivity contribution in [1.82, 2.24) is 10.3 Å². The van der Waals surface area contributed by atoms with Gasteiger partial charge >= 0.3 is 0 Å². The third kappa shape index (κ3) is 4.97. The van der Waals surface area contributed by atoms with Gasteiger partial charge in [-0.05, 0) is 11.6 Å². The van der Waals surface area contributed by atoms with Crippen LogP contribution in [0.2, 0.25) is 0 Å². The van der Waals surface area contributed by atoms with Crippen molar-refractivity contribution in [1.29, 1.82) is 0 Å². The Balaban J connectivity index is 1.74. The van der Waals surface area contributed by atoms with E-state index in [1.165, 1.54) is 36.5 Å². The van der Waals surface area contributed by atoms with Crippen molar-refractivity contribution in [2.75, 3.05) is 17.7 Å². The molecule has 3 rings (SSSR count). The van der Waals surface area contributed by atoms with Crippen molar-refractivity contribution >= 4 is 39.7 Å². The second-order valence-corrected chi connectivity index (χ2v) is 7.19. The van der Waals surface area contributed by atoms with Gasteiger partial charge in [0, 0.05) is 49.3 Å². The average molecular weight is 425 g/mol. The quantitative estimate of drug-likeness (QED) is 0.392. The molecule has 0 aliphatic rings. The van der Waals surface area contributed by atoms with E-state index < -0.39 is 10.8 Å². The van der Waals surface area contributed by atoms with Gasteiger partial charge in [-0.1, -0.05) is 24.3 Å². The van der Waals surface area contributed by atoms with Crippen LogP contribution in [0.3, 0.4) is 0 Å². The number of carbonyl (C=O) groups is 2. The molecule has 154 valence electrons. The molecule has 3 N–H and O–H groups in total. The molecule has 10 heteroatoms. The highest BCUT2D eigenvalue weighted by Crippen LogP contribution is 2.27. The fourth-order valence-electron chi connectivity index (χ4n) is 2.70. The van der Waals surface area contributed by atoms with Gasteiger partial charge in [-0.3, -0.25) is 25.0 Å². The zero-order valence-corrected chi connectivity index (χ0v) is 17.1. The maximum Gasteiger partial charge on any atom is 0.270 e. The number of nitro groups is 1. The number of nitrogens with one attached hydrogen (secondary N) is 3. The molecule has 2 amide bonds. The Morgan fingerprint density at radius 3 is 2.53 bits per heavy atom. The summed E-state index contributed by atoms with van der Waals surface area (Å²) in [6.07, 6.45) is 0. The topological polar surface area (TPSA) is 126 Å². The smallest absolute Gasteiger partial charge is 0.270 e. The van der Waals surface area contributed by atoms with Crippen molar-refractivity contribution in [3.63, 3.8) is 0 Å². The van der Waals surface area contributed by atoms with E-state index in [1.807, 2.05) is 29.6 Å². The highest BCUT2D eigenvalue weighted by Gasteiger charge is 2.17. The second-order valence-electron chi connectivity index (χ2n) is 6.34. The largest absolute Gasteiger partial charge is 0.387 e. The summed E-state index contributed by atoms with van der Waals surface area (Å²) in [6, 6.07) is 11.6. The van der Waals surface area contributed by atoms with E-state index in [-0.39, 0.29) is 17.2 Å². The van der Waals surface area contributed by atoms with Crippen LogP contribution in [0.15, 0.2) is 47.8 Å². The van der Waals surface area contributed by atoms with Crippen molar-refractivity contribution < 1.29 is 14.5 Å². The monoisotopic (exact) mass is 425 g/mol. The minimum atomic E-state index is -0.548. The van der Waals surface area contributed by atoms with E-state index in [0.717, 1.165) is 11.1 Å². The number of hydrogen-bond acceptors (Lipinski definition) is 7. The number of nitrogens with zero attached hydrogens (tertiary/aromatic N) is 2. The lowest BCUT2D eigenvalue weighted by Crippen LogP contribution is -2.18. The molecular formula is C20H19N5O4S. The van der Waals surface area contributed by atoms with E-state index in [9.17, 15) is 19.7 Å². The molecule has 0 atom stereocenters. The number of non-ortho nitro benzene ring substituents is 1. The molecule has 1 aromatic heterocycles. The Labute approximate surface area is 176 Å². The summed E-state index contributed by atoms with van der Waals surface area (Å²) in [6.45, 7) is 1.91. The number of thiazole rings is 1. The Bertz CT molecular complexity index is 1090. The molecule has 0 fully saturated rings. The van der Waals surface area contributed by atoms with Crippen LogP contribution in [-0.2, 0) is 11.3 Å². The van der Waals surface area contributed by atoms with E-state index in [4.69, 9.17) is 0 Å². The minimum absolute atomic E-state index is 0.0934. The fourth-order valence-corrected chi connectivity index (χ4v) is 3.41. The zero-order valence-electron chi connectivity index (χ0n) is 16.3. The molecule has 0 radical (unpaired) electrons. The third-order valence-electron chi connectivity index (χ3n) is 4.24. The molecule has 1 heterocycles. The summed E-state index contributed by atoms with van der Waals surface area (Å²) < 4.78 is 0. The molecule has 0 saturated heterocycles. The maximum absolute atomic E-state index is 12.6. The zero-order chi connectivity index (χ0) is 21.7. The number of hydrogen-bond donors (Lipinski definition) is 3. The van der Waals surface area contributed by atoms with Crippen molar-refractivity contribution in [2.45, 2.75) is 13.5 Å². The summed E-state index contributed by atoms with van der Waals surface area (Å²) in [7, 11) is 1.63. The highest BCUT2D eigenvalue weighted by molar-refractivity contribution is 7.14. The van der Waals surface area contributed by atoms with Crippen LogP contribution in [0.1, 0.15) is 22.8 Å². The van der Waals surface area contributed by atoms with Gasteiger partial charge < -0.3 is 10.6 Å². The lowest BCUT2D eigenvalue weighted by atomic mass is 10.1. The number of amides is 2. The van der Waals surface area contributed by atoms with Gasteiger partial charge in [-0.15, -0.1) is 11.3 Å². The molecule has 0 aliphatic carbocycles. The van der Waals surface area contributed by atoms with E-state index in [0.29, 0.717) is 23.1 Å². The molecule has 0 aliphatic heterocycles. The van der Waals surface area contributed by atoms with E-state index in [2.05, 4.69) is 20.9 Å². The Morgan fingerprint density at radius 2 is 1.90 bits per heavy atom. The maximum atomic E-state index is 12.6. The number of benzene rings is 2. The van der Waals surface area contributed by atoms with Gasteiger partial charge in [0.15, 0.2) is 5.13 Å². The Kier molecular flexibility index (Phi) is 6.38. The van der Waals surface area contributed by atoms with E-state index in [1.54, 1.807) is 7.05 Å². The summed E-state index contributed by atoms with van der Waals surface area (Å²) in [5, 5.41) is 21.5. The molecular weight excluding hydrogens is 406 g/mol. The van der Waals surface area contributed by atoms with Crippen molar-refractivity contribution in [2.24, 2.45) is 0 Å². The van der Waals surface area contributed by atoms with Gasteiger partial charge in [-0.25, -0.2) is 4.98 Å². The Morgan fingerprint density at radius 1 is 1.17 bits per heavy atom. The van der Waals surface area contributed by atoms with Crippen molar-refractivity contribution in [3.8, 4) is 11.3 Å². The van der Waals surface area contributed by atoms with Gasteiger partial charge in [-0.2, -0.15) is 0 Å². The van der Waals surface area contributed by atoms with Crippen LogP contribution >= 0.6 is 11.3 Å². The first-order valence-electron chi connectivity index (χ1n) is 8.94. The fraction of sp³-hybridized carbons (Fsp3) is 0.150. The summed E-state index contributed by atoms with van der Waals surface area (Å²) >= 11 is 1.26. The summed E-state index contributed by atoms with van der Waals surface area (Å²) in [4.78, 5) is 38.5. The first kappa shape index (κ1) is 20.9. The van der Waals surface area contributed by atoms with Crippen LogP contribution in [0.5, 0.6) is 0 Å². The second kappa shape index (κ2) is 9.14. The number of nitro benzene ring substituents is 1. The van der Waals surface area contributed by atoms with Gasteiger partial charge in [0.05, 0.1) is 16.2 Å². The van der Waals surface area contributed by atoms with Gasteiger partial charge in [0.2, 0.25) is 5.91 Å². The minimum Gasteiger partial charge on any atom is -0.387 e. The molecule has 0 spiro atoms.